The summed E-state index contributed by atoms with van der Waals surface area (Å²) in [6, 6.07) is 6.13. The predicted molar refractivity (Wildman–Crippen MR) is 92.4 cm³/mol. The maximum Gasteiger partial charge on any atom is 0.115 e. The quantitative estimate of drug-likeness (QED) is 0.724. The van der Waals surface area contributed by atoms with Gasteiger partial charge < -0.3 is 4.74 Å². The fourth-order valence-corrected chi connectivity index (χ4v) is 3.03. The molecule has 7 heteroatoms. The highest BCUT2D eigenvalue weighted by Crippen LogP contribution is 2.24. The van der Waals surface area contributed by atoms with Crippen LogP contribution in [0.5, 0.6) is 0 Å². The summed E-state index contributed by atoms with van der Waals surface area (Å²) in [5, 5.41) is 4.23. The summed E-state index contributed by atoms with van der Waals surface area (Å²) in [6.07, 6.45) is 8.78. The van der Waals surface area contributed by atoms with Crippen molar-refractivity contribution in [1.29, 1.82) is 0 Å². The van der Waals surface area contributed by atoms with E-state index in [1.165, 1.54) is 12.0 Å². The molecule has 0 spiro atoms. The summed E-state index contributed by atoms with van der Waals surface area (Å²) in [6.45, 7) is 3.32. The van der Waals surface area contributed by atoms with E-state index >= 15 is 0 Å². The zero-order valence-corrected chi connectivity index (χ0v) is 14.1. The van der Waals surface area contributed by atoms with Gasteiger partial charge in [-0.2, -0.15) is 5.10 Å². The van der Waals surface area contributed by atoms with Crippen LogP contribution < -0.4 is 0 Å². The van der Waals surface area contributed by atoms with Crippen LogP contribution in [0.1, 0.15) is 17.5 Å². The van der Waals surface area contributed by atoms with Gasteiger partial charge in [-0.25, -0.2) is 9.97 Å². The molecule has 0 amide bonds. The van der Waals surface area contributed by atoms with Crippen molar-refractivity contribution in [2.24, 2.45) is 7.05 Å². The molecule has 0 N–H and O–H groups in total. The van der Waals surface area contributed by atoms with Gasteiger partial charge in [0.05, 0.1) is 18.0 Å². The molecular formula is C18H20N6O. The van der Waals surface area contributed by atoms with Crippen LogP contribution in [0.4, 0.5) is 0 Å². The topological polar surface area (TPSA) is 69.0 Å². The Labute approximate surface area is 146 Å². The van der Waals surface area contributed by atoms with Gasteiger partial charge in [-0.3, -0.25) is 14.6 Å². The van der Waals surface area contributed by atoms with E-state index in [1.807, 2.05) is 36.3 Å². The third-order valence-corrected chi connectivity index (χ3v) is 4.47. The first kappa shape index (κ1) is 15.9. The molecule has 128 valence electrons. The molecule has 25 heavy (non-hydrogen) atoms. The molecule has 0 saturated carbocycles. The Hall–Kier alpha value is -2.64. The summed E-state index contributed by atoms with van der Waals surface area (Å²) in [7, 11) is 1.97. The maximum atomic E-state index is 5.94. The minimum Gasteiger partial charge on any atom is -0.369 e. The Morgan fingerprint density at radius 2 is 2.00 bits per heavy atom. The van der Waals surface area contributed by atoms with E-state index in [0.717, 1.165) is 36.5 Å². The van der Waals surface area contributed by atoms with Gasteiger partial charge in [0.25, 0.3) is 0 Å². The number of pyridine rings is 1. The largest absolute Gasteiger partial charge is 0.369 e. The van der Waals surface area contributed by atoms with Crippen LogP contribution >= 0.6 is 0 Å². The highest BCUT2D eigenvalue weighted by atomic mass is 16.5. The average Bonchev–Trinajstić information content (AvgIpc) is 3.07. The molecule has 0 radical (unpaired) electrons. The van der Waals surface area contributed by atoms with Crippen molar-refractivity contribution in [2.75, 3.05) is 19.7 Å². The second kappa shape index (κ2) is 7.08. The monoisotopic (exact) mass is 336 g/mol. The van der Waals surface area contributed by atoms with Gasteiger partial charge >= 0.3 is 0 Å². The lowest BCUT2D eigenvalue weighted by Crippen LogP contribution is -2.38. The van der Waals surface area contributed by atoms with Crippen LogP contribution in [0.25, 0.3) is 11.1 Å². The number of aryl methyl sites for hydroxylation is 1. The van der Waals surface area contributed by atoms with Crippen molar-refractivity contribution in [3.63, 3.8) is 0 Å². The molecule has 0 aromatic carbocycles. The first-order valence-electron chi connectivity index (χ1n) is 8.32. The highest BCUT2D eigenvalue weighted by Gasteiger charge is 2.23. The lowest BCUT2D eigenvalue weighted by molar-refractivity contribution is -0.0356. The number of ether oxygens (including phenoxy) is 1. The highest BCUT2D eigenvalue weighted by molar-refractivity contribution is 5.60. The SMILES string of the molecule is Cn1nccc1CN1CCO[C@@H](c2ccc(-c3cncnc3)cn2)C1. The number of hydrogen-bond acceptors (Lipinski definition) is 6. The number of morpholine rings is 1. The fourth-order valence-electron chi connectivity index (χ4n) is 3.03. The molecule has 3 aromatic rings. The van der Waals surface area contributed by atoms with Crippen molar-refractivity contribution in [3.05, 3.63) is 60.7 Å². The maximum absolute atomic E-state index is 5.94. The van der Waals surface area contributed by atoms with Crippen LogP contribution in [-0.4, -0.2) is 49.3 Å². The predicted octanol–water partition coefficient (Wildman–Crippen LogP) is 1.85. The van der Waals surface area contributed by atoms with E-state index in [-0.39, 0.29) is 6.10 Å². The van der Waals surface area contributed by atoms with E-state index < -0.39 is 0 Å². The van der Waals surface area contributed by atoms with E-state index in [1.54, 1.807) is 12.4 Å². The lowest BCUT2D eigenvalue weighted by Gasteiger charge is -2.32. The summed E-state index contributed by atoms with van der Waals surface area (Å²) in [5.74, 6) is 0. The van der Waals surface area contributed by atoms with Gasteiger partial charge in [-0.15, -0.1) is 0 Å². The molecule has 1 saturated heterocycles. The van der Waals surface area contributed by atoms with E-state index in [9.17, 15) is 0 Å². The minimum atomic E-state index is -0.0111. The Kier molecular flexibility index (Phi) is 4.49. The molecule has 4 rings (SSSR count). The van der Waals surface area contributed by atoms with Crippen LogP contribution in [0, 0.1) is 0 Å². The van der Waals surface area contributed by atoms with Crippen molar-refractivity contribution in [2.45, 2.75) is 12.6 Å². The van der Waals surface area contributed by atoms with Crippen LogP contribution in [0.15, 0.2) is 49.3 Å². The van der Waals surface area contributed by atoms with Gasteiger partial charge in [0, 0.05) is 62.6 Å². The van der Waals surface area contributed by atoms with Crippen molar-refractivity contribution >= 4 is 0 Å². The number of nitrogens with zero attached hydrogens (tertiary/aromatic N) is 6. The van der Waals surface area contributed by atoms with Crippen molar-refractivity contribution in [3.8, 4) is 11.1 Å². The van der Waals surface area contributed by atoms with Gasteiger partial charge in [-0.1, -0.05) is 6.07 Å². The smallest absolute Gasteiger partial charge is 0.115 e. The van der Waals surface area contributed by atoms with E-state index in [2.05, 4.69) is 31.0 Å². The van der Waals surface area contributed by atoms with Crippen LogP contribution in [-0.2, 0) is 18.3 Å². The van der Waals surface area contributed by atoms with Gasteiger partial charge in [0.2, 0.25) is 0 Å². The normalized spacial score (nSPS) is 18.4. The summed E-state index contributed by atoms with van der Waals surface area (Å²) in [5.41, 5.74) is 4.12. The minimum absolute atomic E-state index is 0.0111. The van der Waals surface area contributed by atoms with Gasteiger partial charge in [0.1, 0.15) is 12.4 Å². The average molecular weight is 336 g/mol. The molecule has 0 aliphatic carbocycles. The Morgan fingerprint density at radius 3 is 2.72 bits per heavy atom. The molecule has 7 nitrogen and oxygen atoms in total. The molecule has 3 aromatic heterocycles. The van der Waals surface area contributed by atoms with E-state index in [0.29, 0.717) is 6.61 Å². The Balaban J connectivity index is 1.45. The van der Waals surface area contributed by atoms with Crippen LogP contribution in [0.2, 0.25) is 0 Å². The molecule has 1 aliphatic heterocycles. The lowest BCUT2D eigenvalue weighted by atomic mass is 10.1. The van der Waals surface area contributed by atoms with E-state index in [4.69, 9.17) is 4.74 Å². The van der Waals surface area contributed by atoms with Gasteiger partial charge in [0.15, 0.2) is 0 Å². The molecule has 0 bridgehead atoms. The second-order valence-electron chi connectivity index (χ2n) is 6.14. The Bertz CT molecular complexity index is 817. The zero-order chi connectivity index (χ0) is 17.1. The molecule has 1 fully saturated rings. The summed E-state index contributed by atoms with van der Waals surface area (Å²) >= 11 is 0. The first-order chi connectivity index (χ1) is 12.3. The summed E-state index contributed by atoms with van der Waals surface area (Å²) < 4.78 is 7.85. The molecular weight excluding hydrogens is 316 g/mol. The summed E-state index contributed by atoms with van der Waals surface area (Å²) in [4.78, 5) is 15.1. The number of rotatable bonds is 4. The number of hydrogen-bond donors (Lipinski definition) is 0. The first-order valence-corrected chi connectivity index (χ1v) is 8.32. The molecule has 1 aliphatic rings. The number of aromatic nitrogens is 5. The molecule has 1 atom stereocenters. The van der Waals surface area contributed by atoms with Gasteiger partial charge in [-0.05, 0) is 12.1 Å². The van der Waals surface area contributed by atoms with Crippen molar-refractivity contribution < 1.29 is 4.74 Å². The second-order valence-corrected chi connectivity index (χ2v) is 6.14. The zero-order valence-electron chi connectivity index (χ0n) is 14.1. The molecule has 0 unspecified atom stereocenters. The van der Waals surface area contributed by atoms with Crippen molar-refractivity contribution in [1.82, 2.24) is 29.6 Å². The third-order valence-electron chi connectivity index (χ3n) is 4.47. The Morgan fingerprint density at radius 1 is 1.12 bits per heavy atom. The molecule has 4 heterocycles. The van der Waals surface area contributed by atoms with Crippen LogP contribution in [0.3, 0.4) is 0 Å². The standard InChI is InChI=1S/C18H20N6O/c1-23-16(4-5-22-23)11-24-6-7-25-18(12-24)17-3-2-14(10-21-17)15-8-19-13-20-9-15/h2-5,8-10,13,18H,6-7,11-12H2,1H3/t18-/m1/s1. The third kappa shape index (κ3) is 3.57. The fraction of sp³-hybridized carbons (Fsp3) is 0.333.